The minimum absolute atomic E-state index is 0.125. The first kappa shape index (κ1) is 15.4. The molecule has 0 atom stereocenters. The number of benzene rings is 2. The first-order chi connectivity index (χ1) is 10.6. The summed E-state index contributed by atoms with van der Waals surface area (Å²) < 4.78 is 2.19. The Balaban J connectivity index is 1.93. The van der Waals surface area contributed by atoms with Crippen molar-refractivity contribution in [3.63, 3.8) is 0 Å². The Labute approximate surface area is 144 Å². The summed E-state index contributed by atoms with van der Waals surface area (Å²) in [6.07, 6.45) is 0.918. The number of carbonyl (C=O) groups is 2. The van der Waals surface area contributed by atoms with Gasteiger partial charge in [0, 0.05) is 48.0 Å². The Morgan fingerprint density at radius 2 is 1.82 bits per heavy atom. The second-order valence-corrected chi connectivity index (χ2v) is 6.74. The number of hydrogen-bond acceptors (Lipinski definition) is 4. The third kappa shape index (κ3) is 2.85. The quantitative estimate of drug-likeness (QED) is 0.457. The number of carbonyl (C=O) groups excluding carboxylic acids is 1. The van der Waals surface area contributed by atoms with E-state index in [1.54, 1.807) is 27.3 Å². The molecule has 112 valence electrons. The fourth-order valence-corrected chi connectivity index (χ4v) is 4.18. The van der Waals surface area contributed by atoms with Gasteiger partial charge >= 0.3 is 5.97 Å². The Bertz CT molecular complexity index is 763. The van der Waals surface area contributed by atoms with Crippen molar-refractivity contribution >= 4 is 47.8 Å². The van der Waals surface area contributed by atoms with E-state index in [0.29, 0.717) is 11.1 Å². The zero-order valence-corrected chi connectivity index (χ0v) is 14.4. The van der Waals surface area contributed by atoms with E-state index < -0.39 is 5.97 Å². The molecule has 0 aromatic heterocycles. The highest BCUT2D eigenvalue weighted by Gasteiger charge is 2.21. The lowest BCUT2D eigenvalue weighted by Crippen LogP contribution is -2.07. The van der Waals surface area contributed by atoms with Gasteiger partial charge in [-0.15, -0.1) is 0 Å². The van der Waals surface area contributed by atoms with E-state index >= 15 is 0 Å². The lowest BCUT2D eigenvalue weighted by atomic mass is 9.99. The minimum Gasteiger partial charge on any atom is -0.478 e. The van der Waals surface area contributed by atoms with Crippen LogP contribution in [0.1, 0.15) is 31.8 Å². The van der Waals surface area contributed by atoms with Crippen LogP contribution in [0.4, 0.5) is 5.69 Å². The largest absolute Gasteiger partial charge is 0.478 e. The van der Waals surface area contributed by atoms with E-state index in [4.69, 9.17) is 5.11 Å². The molecule has 0 unspecified atom stereocenters. The number of fused-ring (bicyclic) bond motifs is 1. The molecule has 6 heteroatoms. The summed E-state index contributed by atoms with van der Waals surface area (Å²) in [5.74, 6) is -1.18. The number of aromatic carboxylic acids is 1. The zero-order valence-electron chi connectivity index (χ0n) is 11.5. The molecule has 1 heterocycles. The SMILES string of the molecule is O=C(O)c1cccc(C(=O)c2ccc3c(c2)CCN3SI)c1. The molecule has 0 spiro atoms. The summed E-state index contributed by atoms with van der Waals surface area (Å²) in [7, 11) is 1.64. The number of rotatable bonds is 4. The summed E-state index contributed by atoms with van der Waals surface area (Å²) in [6.45, 7) is 0.940. The average molecular weight is 425 g/mol. The Morgan fingerprint density at radius 3 is 2.55 bits per heavy atom. The van der Waals surface area contributed by atoms with Gasteiger partial charge in [0.05, 0.1) is 11.3 Å². The third-order valence-electron chi connectivity index (χ3n) is 3.65. The van der Waals surface area contributed by atoms with Crippen molar-refractivity contribution in [3.8, 4) is 0 Å². The normalized spacial score (nSPS) is 13.0. The lowest BCUT2D eigenvalue weighted by molar-refractivity contribution is 0.0697. The molecule has 4 nitrogen and oxygen atoms in total. The molecule has 0 bridgehead atoms. The van der Waals surface area contributed by atoms with Gasteiger partial charge in [-0.25, -0.2) is 4.79 Å². The van der Waals surface area contributed by atoms with Gasteiger partial charge in [-0.2, -0.15) is 0 Å². The van der Waals surface area contributed by atoms with Gasteiger partial charge in [-0.05, 0) is 42.3 Å². The zero-order chi connectivity index (χ0) is 15.7. The van der Waals surface area contributed by atoms with Crippen LogP contribution in [0.15, 0.2) is 42.5 Å². The van der Waals surface area contributed by atoms with E-state index in [9.17, 15) is 9.59 Å². The first-order valence-electron chi connectivity index (χ1n) is 6.67. The highest BCUT2D eigenvalue weighted by molar-refractivity contribution is 14.2. The maximum Gasteiger partial charge on any atom is 0.335 e. The first-order valence-corrected chi connectivity index (χ1v) is 9.99. The summed E-state index contributed by atoms with van der Waals surface area (Å²) in [6, 6.07) is 11.8. The van der Waals surface area contributed by atoms with Crippen LogP contribution < -0.4 is 4.31 Å². The maximum atomic E-state index is 12.6. The molecule has 22 heavy (non-hydrogen) atoms. The van der Waals surface area contributed by atoms with Crippen LogP contribution >= 0.6 is 30.3 Å². The Morgan fingerprint density at radius 1 is 1.09 bits per heavy atom. The van der Waals surface area contributed by atoms with Crippen LogP contribution in [0.2, 0.25) is 0 Å². The average Bonchev–Trinajstić information content (AvgIpc) is 2.96. The molecule has 0 aliphatic carbocycles. The van der Waals surface area contributed by atoms with Crippen LogP contribution in [0, 0.1) is 0 Å². The number of carboxylic acid groups (broad SMARTS) is 1. The summed E-state index contributed by atoms with van der Waals surface area (Å²) in [5.41, 5.74) is 3.43. The van der Waals surface area contributed by atoms with Crippen molar-refractivity contribution in [1.29, 1.82) is 0 Å². The van der Waals surface area contributed by atoms with Crippen molar-refractivity contribution in [2.75, 3.05) is 10.8 Å². The topological polar surface area (TPSA) is 57.6 Å². The van der Waals surface area contributed by atoms with Gasteiger partial charge in [-0.3, -0.25) is 4.79 Å². The van der Waals surface area contributed by atoms with E-state index in [1.807, 2.05) is 12.1 Å². The van der Waals surface area contributed by atoms with Crippen molar-refractivity contribution in [2.24, 2.45) is 0 Å². The summed E-state index contributed by atoms with van der Waals surface area (Å²) in [5, 5.41) is 9.02. The fraction of sp³-hybridized carbons (Fsp3) is 0.125. The van der Waals surface area contributed by atoms with Crippen LogP contribution in [-0.4, -0.2) is 23.4 Å². The van der Waals surface area contributed by atoms with E-state index in [1.165, 1.54) is 12.1 Å². The van der Waals surface area contributed by atoms with E-state index in [0.717, 1.165) is 24.2 Å². The van der Waals surface area contributed by atoms with Gasteiger partial charge in [0.2, 0.25) is 0 Å². The second kappa shape index (κ2) is 6.29. The molecule has 0 amide bonds. The molecule has 0 radical (unpaired) electrons. The van der Waals surface area contributed by atoms with Crippen molar-refractivity contribution < 1.29 is 14.7 Å². The molecule has 3 rings (SSSR count). The predicted octanol–water partition coefficient (Wildman–Crippen LogP) is 3.98. The molecule has 1 aliphatic rings. The standard InChI is InChI=1S/C16H12INO3S/c17-22-18-7-6-10-8-12(4-5-14(10)18)15(19)11-2-1-3-13(9-11)16(20)21/h1-5,8-9H,6-7H2,(H,20,21). The van der Waals surface area contributed by atoms with Crippen molar-refractivity contribution in [3.05, 3.63) is 64.7 Å². The molecule has 0 saturated carbocycles. The van der Waals surface area contributed by atoms with Gasteiger partial charge in [0.15, 0.2) is 5.78 Å². The molecule has 0 saturated heterocycles. The molecule has 0 fully saturated rings. The second-order valence-electron chi connectivity index (χ2n) is 4.98. The van der Waals surface area contributed by atoms with Gasteiger partial charge < -0.3 is 9.41 Å². The molecule has 1 N–H and O–H groups in total. The van der Waals surface area contributed by atoms with Crippen LogP contribution in [0.3, 0.4) is 0 Å². The molecule has 2 aromatic rings. The van der Waals surface area contributed by atoms with Crippen LogP contribution in [0.5, 0.6) is 0 Å². The smallest absolute Gasteiger partial charge is 0.335 e. The number of anilines is 1. The highest BCUT2D eigenvalue weighted by Crippen LogP contribution is 2.36. The maximum absolute atomic E-state index is 12.6. The fourth-order valence-electron chi connectivity index (χ4n) is 2.54. The highest BCUT2D eigenvalue weighted by atomic mass is 127. The molecular weight excluding hydrogens is 413 g/mol. The van der Waals surface area contributed by atoms with Gasteiger partial charge in [-0.1, -0.05) is 12.1 Å². The monoisotopic (exact) mass is 425 g/mol. The van der Waals surface area contributed by atoms with Crippen molar-refractivity contribution in [2.45, 2.75) is 6.42 Å². The molecule has 2 aromatic carbocycles. The number of ketones is 1. The third-order valence-corrected chi connectivity index (χ3v) is 5.62. The van der Waals surface area contributed by atoms with Crippen molar-refractivity contribution in [1.82, 2.24) is 0 Å². The number of hydrogen-bond donors (Lipinski definition) is 1. The minimum atomic E-state index is -1.03. The number of carboxylic acids is 1. The summed E-state index contributed by atoms with van der Waals surface area (Å²) in [4.78, 5) is 23.6. The summed E-state index contributed by atoms with van der Waals surface area (Å²) >= 11 is 2.25. The number of nitrogens with zero attached hydrogens (tertiary/aromatic N) is 1. The lowest BCUT2D eigenvalue weighted by Gasteiger charge is -2.13. The Kier molecular flexibility index (Phi) is 4.39. The predicted molar refractivity (Wildman–Crippen MR) is 95.9 cm³/mol. The number of halogens is 1. The van der Waals surface area contributed by atoms with Crippen LogP contribution in [-0.2, 0) is 6.42 Å². The van der Waals surface area contributed by atoms with Gasteiger partial charge in [0.25, 0.3) is 0 Å². The van der Waals surface area contributed by atoms with E-state index in [2.05, 4.69) is 25.5 Å². The Hall–Kier alpha value is -1.54. The van der Waals surface area contributed by atoms with E-state index in [-0.39, 0.29) is 11.3 Å². The van der Waals surface area contributed by atoms with Gasteiger partial charge in [0.1, 0.15) is 0 Å². The molecular formula is C16H12INO3S. The van der Waals surface area contributed by atoms with Crippen LogP contribution in [0.25, 0.3) is 0 Å². The molecule has 1 aliphatic heterocycles.